The minimum Gasteiger partial charge on any atom is -0.475 e. The molecule has 240 valence electrons. The highest BCUT2D eigenvalue weighted by Gasteiger charge is 2.64. The van der Waals surface area contributed by atoms with E-state index in [1.54, 1.807) is 7.11 Å². The van der Waals surface area contributed by atoms with Crippen LogP contribution in [-0.2, 0) is 32.7 Å². The summed E-state index contributed by atoms with van der Waals surface area (Å²) in [7, 11) is 3.73. The van der Waals surface area contributed by atoms with Gasteiger partial charge in [-0.2, -0.15) is 31.4 Å². The molecule has 1 amide bonds. The van der Waals surface area contributed by atoms with Crippen LogP contribution in [0, 0.1) is 10.8 Å². The van der Waals surface area contributed by atoms with Gasteiger partial charge in [0.05, 0.1) is 18.2 Å². The molecule has 1 aromatic heterocycles. The van der Waals surface area contributed by atoms with Gasteiger partial charge in [0.2, 0.25) is 5.91 Å². The predicted molar refractivity (Wildman–Crippen MR) is 135 cm³/mol. The van der Waals surface area contributed by atoms with Gasteiger partial charge in [-0.1, -0.05) is 0 Å². The first-order valence-electron chi connectivity index (χ1n) is 13.2. The van der Waals surface area contributed by atoms with Crippen LogP contribution in [0.2, 0.25) is 0 Å². The third-order valence-electron chi connectivity index (χ3n) is 8.00. The normalized spacial score (nSPS) is 22.6. The third-order valence-corrected chi connectivity index (χ3v) is 8.00. The van der Waals surface area contributed by atoms with E-state index >= 15 is 0 Å². The Bertz CT molecular complexity index is 1050. The van der Waals surface area contributed by atoms with Crippen molar-refractivity contribution < 1.29 is 55.7 Å². The maximum Gasteiger partial charge on any atom is 0.490 e. The third kappa shape index (κ3) is 8.56. The second-order valence-electron chi connectivity index (χ2n) is 10.6. The molecule has 3 aliphatic rings. The lowest BCUT2D eigenvalue weighted by Gasteiger charge is -2.47. The van der Waals surface area contributed by atoms with Crippen LogP contribution in [0.1, 0.15) is 31.7 Å². The maximum absolute atomic E-state index is 13.5. The number of carbonyl (C=O) groups excluding carboxylic acids is 1. The Morgan fingerprint density at radius 1 is 0.976 bits per heavy atom. The molecule has 4 rings (SSSR count). The Balaban J connectivity index is 0.000000367. The average Bonchev–Trinajstić information content (AvgIpc) is 3.55. The first-order valence-corrected chi connectivity index (χ1v) is 13.2. The number of aromatic nitrogens is 2. The number of fused-ring (bicyclic) bond motifs is 1. The van der Waals surface area contributed by atoms with Crippen LogP contribution < -0.4 is 0 Å². The fraction of sp³-hybridized carbons (Fsp3) is 0.760. The summed E-state index contributed by atoms with van der Waals surface area (Å²) < 4.78 is 70.7. The average molecular weight is 618 g/mol. The van der Waals surface area contributed by atoms with Gasteiger partial charge in [-0.25, -0.2) is 9.59 Å². The lowest BCUT2D eigenvalue weighted by molar-refractivity contribution is -0.193. The summed E-state index contributed by atoms with van der Waals surface area (Å²) in [6, 6.07) is 0. The van der Waals surface area contributed by atoms with Gasteiger partial charge < -0.3 is 19.8 Å². The monoisotopic (exact) mass is 617 g/mol. The molecular formula is C25H37F6N5O6. The molecule has 11 nitrogen and oxygen atoms in total. The van der Waals surface area contributed by atoms with Crippen molar-refractivity contribution >= 4 is 17.8 Å². The number of piperidine rings is 1. The molecule has 0 radical (unpaired) electrons. The number of likely N-dealkylation sites (tertiary alicyclic amines) is 3. The number of aliphatic carboxylic acids is 2. The topological polar surface area (TPSA) is 128 Å². The molecule has 3 fully saturated rings. The fourth-order valence-electron chi connectivity index (χ4n) is 5.93. The molecule has 3 saturated heterocycles. The van der Waals surface area contributed by atoms with Crippen LogP contribution in [0.5, 0.6) is 0 Å². The molecule has 3 aliphatic heterocycles. The predicted octanol–water partition coefficient (Wildman–Crippen LogP) is 2.47. The van der Waals surface area contributed by atoms with Crippen LogP contribution in [0.15, 0.2) is 12.4 Å². The highest BCUT2D eigenvalue weighted by molar-refractivity contribution is 5.86. The van der Waals surface area contributed by atoms with Crippen molar-refractivity contribution in [3.63, 3.8) is 0 Å². The summed E-state index contributed by atoms with van der Waals surface area (Å²) in [5.41, 5.74) is 1.21. The Hall–Kier alpha value is -2.92. The van der Waals surface area contributed by atoms with Crippen molar-refractivity contribution in [2.75, 3.05) is 59.5 Å². The molecule has 0 saturated carbocycles. The minimum atomic E-state index is -5.08. The fourth-order valence-corrected chi connectivity index (χ4v) is 5.93. The SMILES string of the molecule is CCN1CCC2(CN(CCOC)CC23CCN(Cc2cnn(C)c2)CC3)C1=O.O=C(O)C(F)(F)F.O=C(O)C(F)(F)F. The van der Waals surface area contributed by atoms with E-state index < -0.39 is 24.3 Å². The van der Waals surface area contributed by atoms with Crippen molar-refractivity contribution in [3.8, 4) is 0 Å². The van der Waals surface area contributed by atoms with Gasteiger partial charge >= 0.3 is 24.3 Å². The van der Waals surface area contributed by atoms with Crippen molar-refractivity contribution in [3.05, 3.63) is 18.0 Å². The number of rotatable bonds is 6. The minimum absolute atomic E-state index is 0.118. The largest absolute Gasteiger partial charge is 0.490 e. The molecule has 2 N–H and O–H groups in total. The van der Waals surface area contributed by atoms with Crippen molar-refractivity contribution in [1.82, 2.24) is 24.5 Å². The number of carboxylic acid groups (broad SMARTS) is 2. The zero-order valence-electron chi connectivity index (χ0n) is 23.7. The molecule has 4 heterocycles. The van der Waals surface area contributed by atoms with Gasteiger partial charge in [-0.3, -0.25) is 19.3 Å². The Labute approximate surface area is 239 Å². The van der Waals surface area contributed by atoms with Gasteiger partial charge in [0, 0.05) is 70.6 Å². The van der Waals surface area contributed by atoms with Gasteiger partial charge in [-0.15, -0.1) is 0 Å². The van der Waals surface area contributed by atoms with Gasteiger partial charge in [0.15, 0.2) is 0 Å². The van der Waals surface area contributed by atoms with E-state index in [2.05, 4.69) is 32.9 Å². The zero-order valence-corrected chi connectivity index (χ0v) is 23.7. The van der Waals surface area contributed by atoms with Crippen molar-refractivity contribution in [2.24, 2.45) is 17.9 Å². The Morgan fingerprint density at radius 3 is 1.93 bits per heavy atom. The van der Waals surface area contributed by atoms with Crippen LogP contribution in [0.25, 0.3) is 0 Å². The van der Waals surface area contributed by atoms with Gasteiger partial charge in [0.1, 0.15) is 0 Å². The molecule has 42 heavy (non-hydrogen) atoms. The van der Waals surface area contributed by atoms with E-state index in [1.807, 2.05) is 17.9 Å². The van der Waals surface area contributed by atoms with E-state index in [0.717, 1.165) is 78.2 Å². The molecule has 0 bridgehead atoms. The highest BCUT2D eigenvalue weighted by Crippen LogP contribution is 2.57. The molecule has 1 unspecified atom stereocenters. The lowest BCUT2D eigenvalue weighted by atomic mass is 9.60. The summed E-state index contributed by atoms with van der Waals surface area (Å²) in [6.45, 7) is 10.6. The second kappa shape index (κ2) is 14.0. The summed E-state index contributed by atoms with van der Waals surface area (Å²) in [4.78, 5) is 38.4. The van der Waals surface area contributed by atoms with Crippen LogP contribution in [-0.4, -0.2) is 124 Å². The summed E-state index contributed by atoms with van der Waals surface area (Å²) in [6.07, 6.45) is -2.85. The number of ether oxygens (including phenoxy) is 1. The lowest BCUT2D eigenvalue weighted by Crippen LogP contribution is -2.52. The van der Waals surface area contributed by atoms with E-state index in [1.165, 1.54) is 5.56 Å². The molecular weight excluding hydrogens is 580 g/mol. The first kappa shape index (κ1) is 35.3. The highest BCUT2D eigenvalue weighted by atomic mass is 19.4. The van der Waals surface area contributed by atoms with Crippen molar-refractivity contribution in [1.29, 1.82) is 0 Å². The number of hydrogen-bond donors (Lipinski definition) is 2. The summed E-state index contributed by atoms with van der Waals surface area (Å²) in [5, 5.41) is 18.5. The number of methoxy groups -OCH3 is 1. The van der Waals surface area contributed by atoms with E-state index in [4.69, 9.17) is 24.5 Å². The number of halogens is 6. The number of nitrogens with zero attached hydrogens (tertiary/aromatic N) is 5. The molecule has 1 aromatic rings. The molecule has 1 atom stereocenters. The molecule has 2 spiro atoms. The van der Waals surface area contributed by atoms with Crippen LogP contribution in [0.3, 0.4) is 0 Å². The number of amides is 1. The number of aryl methyl sites for hydroxylation is 1. The smallest absolute Gasteiger partial charge is 0.475 e. The van der Waals surface area contributed by atoms with Gasteiger partial charge in [-0.05, 0) is 39.3 Å². The number of alkyl halides is 6. The molecule has 17 heteroatoms. The standard InChI is InChI=1S/C21H35N5O2.2C2HF3O2/c1-4-26-10-7-21(19(26)27)17-25(11-12-28-3)16-20(21)5-8-24(9-6-20)15-18-13-22-23(2)14-18;2*3-2(4,5)1(6)7/h13-14H,4-12,15-17H2,1-3H3;2*(H,6,7). The summed E-state index contributed by atoms with van der Waals surface area (Å²) in [5.74, 6) is -5.10. The Kier molecular flexibility index (Phi) is 11.8. The maximum atomic E-state index is 13.5. The second-order valence-corrected chi connectivity index (χ2v) is 10.6. The number of hydrogen-bond acceptors (Lipinski definition) is 7. The van der Waals surface area contributed by atoms with Gasteiger partial charge in [0.25, 0.3) is 0 Å². The first-order chi connectivity index (χ1) is 19.4. The number of carboxylic acids is 2. The van der Waals surface area contributed by atoms with E-state index in [-0.39, 0.29) is 10.8 Å². The number of carbonyl (C=O) groups is 3. The Morgan fingerprint density at radius 2 is 1.52 bits per heavy atom. The quantitative estimate of drug-likeness (QED) is 0.463. The summed E-state index contributed by atoms with van der Waals surface area (Å²) >= 11 is 0. The van der Waals surface area contributed by atoms with Crippen molar-refractivity contribution in [2.45, 2.75) is 45.1 Å². The van der Waals surface area contributed by atoms with Crippen LogP contribution in [0.4, 0.5) is 26.3 Å². The van der Waals surface area contributed by atoms with Crippen LogP contribution >= 0.6 is 0 Å². The zero-order chi connectivity index (χ0) is 31.9. The van der Waals surface area contributed by atoms with E-state index in [0.29, 0.717) is 5.91 Å². The molecule has 0 aliphatic carbocycles. The molecule has 0 aromatic carbocycles. The van der Waals surface area contributed by atoms with E-state index in [9.17, 15) is 31.1 Å².